The van der Waals surface area contributed by atoms with E-state index in [1.165, 1.54) is 19.3 Å². The lowest BCUT2D eigenvalue weighted by Crippen LogP contribution is -2.76. The van der Waals surface area contributed by atoms with Crippen LogP contribution in [0.1, 0.15) is 46.5 Å². The minimum Gasteiger partial charge on any atom is -0.479 e. The van der Waals surface area contributed by atoms with Gasteiger partial charge in [0, 0.05) is 24.4 Å². The van der Waals surface area contributed by atoms with Crippen LogP contribution in [-0.2, 0) is 14.3 Å². The minimum absolute atomic E-state index is 0.0259. The SMILES string of the molecule is CCOC1CC(NC(=O)C2C3C4CCC(C4)C23)(C(=O)O)C1(C)C. The fraction of sp³-hybridized carbons (Fsp3) is 0.889. The lowest BCUT2D eigenvalue weighted by atomic mass is 9.54. The normalized spacial score (nSPS) is 48.5. The molecule has 4 aliphatic carbocycles. The largest absolute Gasteiger partial charge is 0.479 e. The Balaban J connectivity index is 1.48. The molecule has 5 heteroatoms. The van der Waals surface area contributed by atoms with Crippen LogP contribution in [0.4, 0.5) is 0 Å². The highest BCUT2D eigenvalue weighted by molar-refractivity contribution is 5.91. The van der Waals surface area contributed by atoms with Crippen LogP contribution in [0.2, 0.25) is 0 Å². The molecule has 6 unspecified atom stereocenters. The molecular weight excluding hydrogens is 294 g/mol. The summed E-state index contributed by atoms with van der Waals surface area (Å²) in [6.07, 6.45) is 4.07. The summed E-state index contributed by atoms with van der Waals surface area (Å²) >= 11 is 0. The summed E-state index contributed by atoms with van der Waals surface area (Å²) in [6.45, 7) is 6.26. The molecule has 4 aliphatic rings. The number of ether oxygens (including phenoxy) is 1. The highest BCUT2D eigenvalue weighted by Gasteiger charge is 2.71. The van der Waals surface area contributed by atoms with E-state index in [-0.39, 0.29) is 17.9 Å². The predicted molar refractivity (Wildman–Crippen MR) is 83.6 cm³/mol. The molecular formula is C18H27NO4. The lowest BCUT2D eigenvalue weighted by Gasteiger charge is -2.58. The van der Waals surface area contributed by atoms with E-state index in [9.17, 15) is 14.7 Å². The molecule has 2 bridgehead atoms. The number of rotatable bonds is 5. The summed E-state index contributed by atoms with van der Waals surface area (Å²) in [4.78, 5) is 24.8. The Hall–Kier alpha value is -1.10. The minimum atomic E-state index is -1.18. The van der Waals surface area contributed by atoms with Crippen LogP contribution in [-0.4, -0.2) is 35.2 Å². The zero-order valence-corrected chi connectivity index (χ0v) is 14.2. The quantitative estimate of drug-likeness (QED) is 0.812. The first-order valence-electron chi connectivity index (χ1n) is 9.00. The van der Waals surface area contributed by atoms with E-state index < -0.39 is 16.9 Å². The number of hydrogen-bond acceptors (Lipinski definition) is 3. The highest BCUT2D eigenvalue weighted by Crippen LogP contribution is 2.69. The fourth-order valence-electron chi connectivity index (χ4n) is 6.01. The smallest absolute Gasteiger partial charge is 0.330 e. The highest BCUT2D eigenvalue weighted by atomic mass is 16.5. The average Bonchev–Trinajstić information content (AvgIpc) is 2.94. The van der Waals surface area contributed by atoms with Gasteiger partial charge in [-0.1, -0.05) is 13.8 Å². The van der Waals surface area contributed by atoms with Crippen LogP contribution < -0.4 is 5.32 Å². The standard InChI is InChI=1S/C18H27NO4/c1-4-23-11-8-18(16(21)22,17(11,2)3)19-15(20)14-12-9-5-6-10(7-9)13(12)14/h9-14H,4-8H2,1-3H3,(H,19,20)(H,21,22). The molecule has 6 atom stereocenters. The predicted octanol–water partition coefficient (Wildman–Crippen LogP) is 2.05. The fourth-order valence-corrected chi connectivity index (χ4v) is 6.01. The summed E-state index contributed by atoms with van der Waals surface area (Å²) in [7, 11) is 0. The van der Waals surface area contributed by atoms with Crippen LogP contribution in [0.5, 0.6) is 0 Å². The molecule has 4 saturated carbocycles. The number of carboxylic acids is 1. The lowest BCUT2D eigenvalue weighted by molar-refractivity contribution is -0.195. The number of carbonyl (C=O) groups is 2. The first-order valence-corrected chi connectivity index (χ1v) is 9.00. The van der Waals surface area contributed by atoms with E-state index in [1.54, 1.807) is 0 Å². The third-order valence-electron chi connectivity index (χ3n) is 7.50. The van der Waals surface area contributed by atoms with Crippen molar-refractivity contribution in [1.82, 2.24) is 5.32 Å². The van der Waals surface area contributed by atoms with Crippen molar-refractivity contribution in [1.29, 1.82) is 0 Å². The molecule has 1 amide bonds. The molecule has 5 nitrogen and oxygen atoms in total. The molecule has 0 aromatic heterocycles. The maximum atomic E-state index is 12.8. The number of carboxylic acid groups (broad SMARTS) is 1. The first-order chi connectivity index (χ1) is 10.8. The Bertz CT molecular complexity index is 543. The average molecular weight is 321 g/mol. The van der Waals surface area contributed by atoms with Gasteiger partial charge < -0.3 is 15.2 Å². The van der Waals surface area contributed by atoms with Crippen molar-refractivity contribution in [3.8, 4) is 0 Å². The molecule has 0 aromatic carbocycles. The molecule has 0 aliphatic heterocycles. The molecule has 0 saturated heterocycles. The number of aliphatic carboxylic acids is 1. The van der Waals surface area contributed by atoms with Crippen molar-refractivity contribution in [3.63, 3.8) is 0 Å². The second-order valence-corrected chi connectivity index (χ2v) is 8.58. The maximum Gasteiger partial charge on any atom is 0.330 e. The second-order valence-electron chi connectivity index (χ2n) is 8.58. The van der Waals surface area contributed by atoms with Crippen molar-refractivity contribution in [3.05, 3.63) is 0 Å². The van der Waals surface area contributed by atoms with Crippen molar-refractivity contribution < 1.29 is 19.4 Å². The van der Waals surface area contributed by atoms with Gasteiger partial charge in [0.1, 0.15) is 5.54 Å². The van der Waals surface area contributed by atoms with Crippen LogP contribution in [0, 0.1) is 35.0 Å². The zero-order valence-electron chi connectivity index (χ0n) is 14.2. The molecule has 2 N–H and O–H groups in total. The van der Waals surface area contributed by atoms with E-state index in [2.05, 4.69) is 5.32 Å². The summed E-state index contributed by atoms with van der Waals surface area (Å²) in [6, 6.07) is 0. The van der Waals surface area contributed by atoms with Gasteiger partial charge in [0.25, 0.3) is 0 Å². The monoisotopic (exact) mass is 321 g/mol. The summed E-state index contributed by atoms with van der Waals surface area (Å²) in [5.74, 6) is 1.61. The molecule has 0 aromatic rings. The molecule has 0 radical (unpaired) electrons. The summed E-state index contributed by atoms with van der Waals surface area (Å²) < 4.78 is 5.66. The third-order valence-corrected chi connectivity index (χ3v) is 7.50. The van der Waals surface area contributed by atoms with Crippen molar-refractivity contribution >= 4 is 11.9 Å². The summed E-state index contributed by atoms with van der Waals surface area (Å²) in [5, 5.41) is 12.8. The number of amides is 1. The van der Waals surface area contributed by atoms with E-state index in [4.69, 9.17) is 4.74 Å². The van der Waals surface area contributed by atoms with Gasteiger partial charge >= 0.3 is 5.97 Å². The van der Waals surface area contributed by atoms with Gasteiger partial charge in [-0.25, -0.2) is 4.79 Å². The van der Waals surface area contributed by atoms with Gasteiger partial charge in [0.2, 0.25) is 5.91 Å². The van der Waals surface area contributed by atoms with Gasteiger partial charge in [-0.05, 0) is 49.9 Å². The number of fused-ring (bicyclic) bond motifs is 5. The van der Waals surface area contributed by atoms with Gasteiger partial charge in [0.15, 0.2) is 0 Å². The van der Waals surface area contributed by atoms with E-state index >= 15 is 0 Å². The van der Waals surface area contributed by atoms with Crippen molar-refractivity contribution in [2.45, 2.75) is 58.1 Å². The van der Waals surface area contributed by atoms with Crippen LogP contribution in [0.3, 0.4) is 0 Å². The van der Waals surface area contributed by atoms with Crippen LogP contribution in [0.25, 0.3) is 0 Å². The Kier molecular flexibility index (Phi) is 3.16. The first kappa shape index (κ1) is 15.4. The molecule has 0 spiro atoms. The summed E-state index contributed by atoms with van der Waals surface area (Å²) in [5.41, 5.74) is -1.77. The van der Waals surface area contributed by atoms with E-state index in [1.807, 2.05) is 20.8 Å². The Morgan fingerprint density at radius 2 is 1.83 bits per heavy atom. The Labute approximate surface area is 137 Å². The topological polar surface area (TPSA) is 75.6 Å². The Morgan fingerprint density at radius 1 is 1.22 bits per heavy atom. The van der Waals surface area contributed by atoms with Crippen molar-refractivity contribution in [2.24, 2.45) is 35.0 Å². The molecule has 128 valence electrons. The Morgan fingerprint density at radius 3 is 2.30 bits per heavy atom. The number of hydrogen-bond donors (Lipinski definition) is 2. The molecule has 23 heavy (non-hydrogen) atoms. The van der Waals surface area contributed by atoms with Gasteiger partial charge in [0.05, 0.1) is 6.10 Å². The molecule has 4 fully saturated rings. The second kappa shape index (κ2) is 4.71. The van der Waals surface area contributed by atoms with Gasteiger partial charge in [-0.15, -0.1) is 0 Å². The van der Waals surface area contributed by atoms with Crippen LogP contribution in [0.15, 0.2) is 0 Å². The maximum absolute atomic E-state index is 12.8. The third kappa shape index (κ3) is 1.83. The number of carbonyl (C=O) groups excluding carboxylic acids is 1. The van der Waals surface area contributed by atoms with Crippen molar-refractivity contribution in [2.75, 3.05) is 6.61 Å². The van der Waals surface area contributed by atoms with Gasteiger partial charge in [-0.3, -0.25) is 4.79 Å². The van der Waals surface area contributed by atoms with Crippen LogP contribution >= 0.6 is 0 Å². The molecule has 4 rings (SSSR count). The van der Waals surface area contributed by atoms with Gasteiger partial charge in [-0.2, -0.15) is 0 Å². The van der Waals surface area contributed by atoms with E-state index in [0.717, 1.165) is 0 Å². The molecule has 0 heterocycles. The van der Waals surface area contributed by atoms with E-state index in [0.29, 0.717) is 36.7 Å². The zero-order chi connectivity index (χ0) is 16.6. The number of nitrogens with one attached hydrogen (secondary N) is 1.